The number of nitrogens with one attached hydrogen (secondary N) is 1. The molecule has 1 saturated carbocycles. The summed E-state index contributed by atoms with van der Waals surface area (Å²) in [5, 5.41) is 26.5. The number of aryl methyl sites for hydroxylation is 1. The van der Waals surface area contributed by atoms with Gasteiger partial charge in [-0.25, -0.2) is 4.98 Å². The van der Waals surface area contributed by atoms with Crippen LogP contribution in [0.2, 0.25) is 0 Å². The van der Waals surface area contributed by atoms with Crippen molar-refractivity contribution in [2.45, 2.75) is 37.8 Å². The molecule has 0 amide bonds. The summed E-state index contributed by atoms with van der Waals surface area (Å²) in [5.74, 6) is -0.379. The zero-order valence-corrected chi connectivity index (χ0v) is 11.0. The average molecular weight is 268 g/mol. The molecule has 1 aliphatic rings. The monoisotopic (exact) mass is 268 g/mol. The van der Waals surface area contributed by atoms with E-state index in [4.69, 9.17) is 5.11 Å². The third kappa shape index (κ3) is 3.74. The summed E-state index contributed by atoms with van der Waals surface area (Å²) in [6, 6.07) is 0. The first kappa shape index (κ1) is 14.0. The number of carboxylic acids is 1. The normalized spacial score (nSPS) is 27.4. The summed E-state index contributed by atoms with van der Waals surface area (Å²) in [6.07, 6.45) is 3.74. The van der Waals surface area contributed by atoms with Gasteiger partial charge in [0.2, 0.25) is 0 Å². The summed E-state index contributed by atoms with van der Waals surface area (Å²) in [6.45, 7) is 0.948. The standard InChI is InChI=1S/C12H20N4O3/c1-16-8-14-10(15-16)6-13-7-12(19)4-2-9(3-5-12)11(17)18/h8-9,13,19H,2-7H2,1H3,(H,17,18). The fourth-order valence-corrected chi connectivity index (χ4v) is 2.45. The Morgan fingerprint density at radius 2 is 2.26 bits per heavy atom. The van der Waals surface area contributed by atoms with Gasteiger partial charge in [-0.05, 0) is 25.7 Å². The number of hydrogen-bond acceptors (Lipinski definition) is 5. The van der Waals surface area contributed by atoms with Crippen molar-refractivity contribution in [2.75, 3.05) is 6.54 Å². The van der Waals surface area contributed by atoms with E-state index in [1.165, 1.54) is 0 Å². The van der Waals surface area contributed by atoms with Crippen LogP contribution in [0.15, 0.2) is 6.33 Å². The molecule has 0 bridgehead atoms. The third-order valence-electron chi connectivity index (χ3n) is 3.65. The Bertz CT molecular complexity index is 438. The van der Waals surface area contributed by atoms with Gasteiger partial charge in [0.25, 0.3) is 0 Å². The molecule has 3 N–H and O–H groups in total. The SMILES string of the molecule is Cn1cnc(CNCC2(O)CCC(C(=O)O)CC2)n1. The lowest BCUT2D eigenvalue weighted by Crippen LogP contribution is -2.44. The molecule has 0 unspecified atom stereocenters. The Morgan fingerprint density at radius 3 is 2.79 bits per heavy atom. The van der Waals surface area contributed by atoms with Gasteiger partial charge in [-0.2, -0.15) is 5.10 Å². The van der Waals surface area contributed by atoms with E-state index < -0.39 is 11.6 Å². The largest absolute Gasteiger partial charge is 0.481 e. The number of rotatable bonds is 5. The molecule has 0 saturated heterocycles. The maximum atomic E-state index is 10.9. The van der Waals surface area contributed by atoms with Crippen LogP contribution in [0.5, 0.6) is 0 Å². The third-order valence-corrected chi connectivity index (χ3v) is 3.65. The van der Waals surface area contributed by atoms with E-state index in [1.807, 2.05) is 0 Å². The lowest BCUT2D eigenvalue weighted by molar-refractivity contribution is -0.144. The highest BCUT2D eigenvalue weighted by Crippen LogP contribution is 2.31. The van der Waals surface area contributed by atoms with E-state index >= 15 is 0 Å². The van der Waals surface area contributed by atoms with Crippen LogP contribution in [-0.2, 0) is 18.4 Å². The second-order valence-corrected chi connectivity index (χ2v) is 5.27. The molecule has 0 aromatic carbocycles. The Kier molecular flexibility index (Phi) is 4.16. The van der Waals surface area contributed by atoms with Gasteiger partial charge in [0, 0.05) is 13.6 Å². The smallest absolute Gasteiger partial charge is 0.306 e. The van der Waals surface area contributed by atoms with Crippen molar-refractivity contribution in [3.8, 4) is 0 Å². The molecule has 1 aromatic heterocycles. The number of nitrogens with zero attached hydrogens (tertiary/aromatic N) is 3. The second-order valence-electron chi connectivity index (χ2n) is 5.27. The molecule has 19 heavy (non-hydrogen) atoms. The fourth-order valence-electron chi connectivity index (χ4n) is 2.45. The Hall–Kier alpha value is -1.47. The molecule has 0 aliphatic heterocycles. The van der Waals surface area contributed by atoms with Crippen molar-refractivity contribution in [2.24, 2.45) is 13.0 Å². The number of aliphatic hydroxyl groups is 1. The van der Waals surface area contributed by atoms with Crippen molar-refractivity contribution in [1.82, 2.24) is 20.1 Å². The number of carbonyl (C=O) groups is 1. The van der Waals surface area contributed by atoms with E-state index in [9.17, 15) is 9.90 Å². The highest BCUT2D eigenvalue weighted by atomic mass is 16.4. The van der Waals surface area contributed by atoms with Crippen LogP contribution in [0.4, 0.5) is 0 Å². The molecule has 0 atom stereocenters. The predicted molar refractivity (Wildman–Crippen MR) is 67.3 cm³/mol. The number of hydrogen-bond donors (Lipinski definition) is 3. The van der Waals surface area contributed by atoms with Crippen LogP contribution in [0.1, 0.15) is 31.5 Å². The van der Waals surface area contributed by atoms with Gasteiger partial charge in [-0.1, -0.05) is 0 Å². The molecule has 7 heteroatoms. The van der Waals surface area contributed by atoms with Gasteiger partial charge < -0.3 is 15.5 Å². The van der Waals surface area contributed by atoms with Crippen LogP contribution in [0.25, 0.3) is 0 Å². The predicted octanol–water partition coefficient (Wildman–Crippen LogP) is -0.0894. The van der Waals surface area contributed by atoms with Crippen molar-refractivity contribution in [3.63, 3.8) is 0 Å². The minimum absolute atomic E-state index is 0.308. The lowest BCUT2D eigenvalue weighted by atomic mass is 9.79. The number of carboxylic acid groups (broad SMARTS) is 1. The summed E-state index contributed by atoms with van der Waals surface area (Å²) in [7, 11) is 1.80. The van der Waals surface area contributed by atoms with Crippen molar-refractivity contribution < 1.29 is 15.0 Å². The molecule has 2 rings (SSSR count). The first-order valence-electron chi connectivity index (χ1n) is 6.49. The molecule has 1 fully saturated rings. The molecule has 0 radical (unpaired) electrons. The highest BCUT2D eigenvalue weighted by molar-refractivity contribution is 5.70. The second kappa shape index (κ2) is 5.66. The molecule has 0 spiro atoms. The maximum absolute atomic E-state index is 10.9. The quantitative estimate of drug-likeness (QED) is 0.690. The van der Waals surface area contributed by atoms with Gasteiger partial charge in [0.1, 0.15) is 6.33 Å². The number of aliphatic carboxylic acids is 1. The molecular weight excluding hydrogens is 248 g/mol. The summed E-state index contributed by atoms with van der Waals surface area (Å²) >= 11 is 0. The molecule has 106 valence electrons. The van der Waals surface area contributed by atoms with E-state index in [-0.39, 0.29) is 5.92 Å². The van der Waals surface area contributed by atoms with E-state index in [0.717, 1.165) is 0 Å². The van der Waals surface area contributed by atoms with Gasteiger partial charge in [-0.3, -0.25) is 9.48 Å². The van der Waals surface area contributed by atoms with Crippen molar-refractivity contribution in [1.29, 1.82) is 0 Å². The zero-order valence-electron chi connectivity index (χ0n) is 11.0. The Labute approximate surface area is 111 Å². The van der Waals surface area contributed by atoms with Crippen LogP contribution < -0.4 is 5.32 Å². The van der Waals surface area contributed by atoms with E-state index in [1.54, 1.807) is 18.1 Å². The van der Waals surface area contributed by atoms with Crippen LogP contribution in [0, 0.1) is 5.92 Å². The van der Waals surface area contributed by atoms with Gasteiger partial charge in [-0.15, -0.1) is 0 Å². The first-order valence-corrected chi connectivity index (χ1v) is 6.49. The molecule has 1 heterocycles. The van der Waals surface area contributed by atoms with Crippen LogP contribution >= 0.6 is 0 Å². The fraction of sp³-hybridized carbons (Fsp3) is 0.750. The minimum atomic E-state index is -0.805. The maximum Gasteiger partial charge on any atom is 0.306 e. The van der Waals surface area contributed by atoms with Crippen LogP contribution in [-0.4, -0.2) is 43.1 Å². The Morgan fingerprint density at radius 1 is 1.58 bits per heavy atom. The highest BCUT2D eigenvalue weighted by Gasteiger charge is 2.35. The van der Waals surface area contributed by atoms with Gasteiger partial charge in [0.15, 0.2) is 5.82 Å². The average Bonchev–Trinajstić information content (AvgIpc) is 2.75. The van der Waals surface area contributed by atoms with Crippen molar-refractivity contribution in [3.05, 3.63) is 12.2 Å². The van der Waals surface area contributed by atoms with Crippen molar-refractivity contribution >= 4 is 5.97 Å². The summed E-state index contributed by atoms with van der Waals surface area (Å²) in [4.78, 5) is 14.9. The molecule has 1 aliphatic carbocycles. The lowest BCUT2D eigenvalue weighted by Gasteiger charge is -2.34. The molecule has 7 nitrogen and oxygen atoms in total. The van der Waals surface area contributed by atoms with Crippen LogP contribution in [0.3, 0.4) is 0 Å². The van der Waals surface area contributed by atoms with E-state index in [0.29, 0.717) is 44.6 Å². The van der Waals surface area contributed by atoms with Gasteiger partial charge >= 0.3 is 5.97 Å². The summed E-state index contributed by atoms with van der Waals surface area (Å²) in [5.41, 5.74) is -0.805. The minimum Gasteiger partial charge on any atom is -0.481 e. The Balaban J connectivity index is 1.75. The summed E-state index contributed by atoms with van der Waals surface area (Å²) < 4.78 is 1.63. The number of aromatic nitrogens is 3. The van der Waals surface area contributed by atoms with Gasteiger partial charge in [0.05, 0.1) is 18.1 Å². The first-order chi connectivity index (χ1) is 8.98. The zero-order chi connectivity index (χ0) is 13.9. The molecular formula is C12H20N4O3. The topological polar surface area (TPSA) is 100 Å². The molecule has 1 aromatic rings. The van der Waals surface area contributed by atoms with E-state index in [2.05, 4.69) is 15.4 Å².